The Kier molecular flexibility index (Phi) is 7.36. The van der Waals surface area contributed by atoms with Crippen molar-refractivity contribution in [2.45, 2.75) is 0 Å². The van der Waals surface area contributed by atoms with Crippen LogP contribution in [0.15, 0.2) is 17.4 Å². The van der Waals surface area contributed by atoms with Gasteiger partial charge in [0.15, 0.2) is 0 Å². The molecule has 7 nitrogen and oxygen atoms in total. The predicted molar refractivity (Wildman–Crippen MR) is 60.2 cm³/mol. The quantitative estimate of drug-likeness (QED) is 0.117. The smallest absolute Gasteiger partial charge is 0.364 e. The number of carbonyl (C=O) groups excluding carboxylic acids is 2. The van der Waals surface area contributed by atoms with Gasteiger partial charge < -0.3 is 19.2 Å². The van der Waals surface area contributed by atoms with E-state index in [-0.39, 0.29) is 6.79 Å². The topological polar surface area (TPSA) is 77.4 Å². The average molecular weight is 244 g/mol. The number of hydrogen-bond donors (Lipinski definition) is 0. The molecule has 7 heteroatoms. The van der Waals surface area contributed by atoms with Gasteiger partial charge >= 0.3 is 5.97 Å². The van der Waals surface area contributed by atoms with Crippen LogP contribution in [0.4, 0.5) is 0 Å². The monoisotopic (exact) mass is 244 g/mol. The largest absolute Gasteiger partial charge is 0.464 e. The molecule has 0 aliphatic heterocycles. The second-order valence-electron chi connectivity index (χ2n) is 3.11. The molecule has 0 heterocycles. The van der Waals surface area contributed by atoms with Crippen molar-refractivity contribution < 1.29 is 23.9 Å². The number of carbonyl (C=O) groups is 2. The fourth-order valence-corrected chi connectivity index (χ4v) is 0.719. The molecule has 96 valence electrons. The van der Waals surface area contributed by atoms with Crippen molar-refractivity contribution in [3.05, 3.63) is 12.3 Å². The summed E-state index contributed by atoms with van der Waals surface area (Å²) >= 11 is 0. The van der Waals surface area contributed by atoms with E-state index in [2.05, 4.69) is 19.5 Å². The molecule has 0 bridgehead atoms. The van der Waals surface area contributed by atoms with Crippen LogP contribution in [-0.2, 0) is 23.9 Å². The van der Waals surface area contributed by atoms with Crippen LogP contribution in [-0.4, -0.2) is 57.5 Å². The number of ketones is 1. The molecule has 0 atom stereocenters. The molecule has 17 heavy (non-hydrogen) atoms. The van der Waals surface area contributed by atoms with E-state index in [0.717, 1.165) is 7.11 Å². The molecule has 0 aromatic rings. The van der Waals surface area contributed by atoms with Crippen molar-refractivity contribution in [3.8, 4) is 0 Å². The predicted octanol–water partition coefficient (Wildman–Crippen LogP) is -0.220. The van der Waals surface area contributed by atoms with E-state index in [0.29, 0.717) is 0 Å². The van der Waals surface area contributed by atoms with Gasteiger partial charge in [-0.05, 0) is 0 Å². The van der Waals surface area contributed by atoms with Crippen molar-refractivity contribution >= 4 is 17.5 Å². The lowest BCUT2D eigenvalue weighted by atomic mass is 10.2. The Morgan fingerprint density at radius 2 is 1.94 bits per heavy atom. The zero-order valence-corrected chi connectivity index (χ0v) is 10.3. The summed E-state index contributed by atoms with van der Waals surface area (Å²) in [6.07, 6.45) is 2.67. The highest BCUT2D eigenvalue weighted by Crippen LogP contribution is 1.92. The molecule has 0 rings (SSSR count). The van der Waals surface area contributed by atoms with Gasteiger partial charge in [-0.2, -0.15) is 0 Å². The highest BCUT2D eigenvalue weighted by molar-refractivity contribution is 6.66. The third kappa shape index (κ3) is 6.31. The van der Waals surface area contributed by atoms with Gasteiger partial charge in [-0.15, -0.1) is 0 Å². The van der Waals surface area contributed by atoms with Gasteiger partial charge in [0, 0.05) is 33.5 Å². The van der Waals surface area contributed by atoms with E-state index in [1.54, 1.807) is 19.0 Å². The summed E-state index contributed by atoms with van der Waals surface area (Å²) < 4.78 is 8.98. The number of ether oxygens (including phenoxy) is 2. The third-order valence-corrected chi connectivity index (χ3v) is 1.46. The summed E-state index contributed by atoms with van der Waals surface area (Å²) in [6.45, 7) is -0.162. The molecule has 0 unspecified atom stereocenters. The molecule has 0 amide bonds. The minimum absolute atomic E-state index is 0.162. The molecule has 0 aromatic heterocycles. The Labute approximate surface area is 99.6 Å². The van der Waals surface area contributed by atoms with E-state index < -0.39 is 17.5 Å². The van der Waals surface area contributed by atoms with Crippen LogP contribution in [0.1, 0.15) is 0 Å². The lowest BCUT2D eigenvalue weighted by Crippen LogP contribution is -2.25. The van der Waals surface area contributed by atoms with E-state index in [4.69, 9.17) is 0 Å². The van der Waals surface area contributed by atoms with Gasteiger partial charge in [0.2, 0.25) is 18.3 Å². The fraction of sp³-hybridized carbons (Fsp3) is 0.500. The Hall–Kier alpha value is -1.89. The van der Waals surface area contributed by atoms with E-state index >= 15 is 0 Å². The summed E-state index contributed by atoms with van der Waals surface area (Å²) in [5.41, 5.74) is -0.442. The van der Waals surface area contributed by atoms with Crippen LogP contribution in [0.2, 0.25) is 0 Å². The first kappa shape index (κ1) is 15.1. The second-order valence-corrected chi connectivity index (χ2v) is 3.11. The molecule has 0 aliphatic carbocycles. The lowest BCUT2D eigenvalue weighted by Gasteiger charge is -2.04. The van der Waals surface area contributed by atoms with Crippen molar-refractivity contribution in [3.63, 3.8) is 0 Å². The Morgan fingerprint density at radius 1 is 1.29 bits per heavy atom. The first-order chi connectivity index (χ1) is 8.02. The Balaban J connectivity index is 4.74. The fourth-order valence-electron chi connectivity index (χ4n) is 0.719. The van der Waals surface area contributed by atoms with Gasteiger partial charge in [0.25, 0.3) is 0 Å². The third-order valence-electron chi connectivity index (χ3n) is 1.46. The Bertz CT molecular complexity index is 323. The molecule has 0 fully saturated rings. The molecule has 0 aromatic carbocycles. The SMILES string of the molecule is COCON=C(C(=O)C=CN(C)C)C(=O)OC. The Morgan fingerprint density at radius 3 is 2.41 bits per heavy atom. The molecular weight excluding hydrogens is 228 g/mol. The molecule has 0 spiro atoms. The van der Waals surface area contributed by atoms with Crippen molar-refractivity contribution in [1.29, 1.82) is 0 Å². The zero-order chi connectivity index (χ0) is 13.3. The molecule has 0 N–H and O–H groups in total. The van der Waals surface area contributed by atoms with Crippen LogP contribution >= 0.6 is 0 Å². The number of rotatable bonds is 7. The van der Waals surface area contributed by atoms with E-state index in [9.17, 15) is 9.59 Å². The van der Waals surface area contributed by atoms with E-state index in [1.165, 1.54) is 19.4 Å². The maximum Gasteiger partial charge on any atom is 0.364 e. The maximum absolute atomic E-state index is 11.6. The van der Waals surface area contributed by atoms with Crippen LogP contribution in [0.5, 0.6) is 0 Å². The molecule has 0 radical (unpaired) electrons. The van der Waals surface area contributed by atoms with Crippen molar-refractivity contribution in [2.75, 3.05) is 35.1 Å². The highest BCUT2D eigenvalue weighted by atomic mass is 16.7. The van der Waals surface area contributed by atoms with Crippen LogP contribution in [0.3, 0.4) is 0 Å². The standard InChI is InChI=1S/C10H16N2O5/c1-12(2)6-5-8(13)9(10(14)16-4)11-17-7-15-3/h5-6H,7H2,1-4H3. The van der Waals surface area contributed by atoms with Gasteiger partial charge in [0.1, 0.15) is 0 Å². The van der Waals surface area contributed by atoms with E-state index in [1.807, 2.05) is 0 Å². The minimum atomic E-state index is -0.866. The average Bonchev–Trinajstić information content (AvgIpc) is 2.30. The van der Waals surface area contributed by atoms with Crippen LogP contribution in [0, 0.1) is 0 Å². The number of hydrogen-bond acceptors (Lipinski definition) is 7. The summed E-state index contributed by atoms with van der Waals surface area (Å²) in [4.78, 5) is 29.1. The molecular formula is C10H16N2O5. The molecule has 0 aliphatic rings. The zero-order valence-electron chi connectivity index (χ0n) is 10.3. The number of methoxy groups -OCH3 is 2. The second kappa shape index (κ2) is 8.28. The van der Waals surface area contributed by atoms with Crippen molar-refractivity contribution in [2.24, 2.45) is 5.16 Å². The number of esters is 1. The minimum Gasteiger partial charge on any atom is -0.464 e. The summed E-state index contributed by atoms with van der Waals surface area (Å²) in [7, 11) is 6.01. The van der Waals surface area contributed by atoms with Gasteiger partial charge in [-0.3, -0.25) is 4.79 Å². The highest BCUT2D eigenvalue weighted by Gasteiger charge is 2.20. The lowest BCUT2D eigenvalue weighted by molar-refractivity contribution is -0.133. The summed E-state index contributed by atoms with van der Waals surface area (Å²) in [6, 6.07) is 0. The number of allylic oxidation sites excluding steroid dienone is 1. The molecule has 0 saturated heterocycles. The van der Waals surface area contributed by atoms with Gasteiger partial charge in [-0.1, -0.05) is 5.16 Å². The first-order valence-electron chi connectivity index (χ1n) is 4.69. The normalized spacial score (nSPS) is 11.4. The molecule has 0 saturated carbocycles. The van der Waals surface area contributed by atoms with Crippen molar-refractivity contribution in [1.82, 2.24) is 4.90 Å². The summed E-state index contributed by atoms with van der Waals surface area (Å²) in [5.74, 6) is -1.48. The maximum atomic E-state index is 11.6. The summed E-state index contributed by atoms with van der Waals surface area (Å²) in [5, 5.41) is 3.36. The number of nitrogens with zero attached hydrogens (tertiary/aromatic N) is 2. The number of oxime groups is 1. The van der Waals surface area contributed by atoms with Gasteiger partial charge in [0.05, 0.1) is 7.11 Å². The van der Waals surface area contributed by atoms with Crippen LogP contribution < -0.4 is 0 Å². The first-order valence-corrected chi connectivity index (χ1v) is 4.69. The van der Waals surface area contributed by atoms with Crippen LogP contribution in [0.25, 0.3) is 0 Å². The van der Waals surface area contributed by atoms with Gasteiger partial charge in [-0.25, -0.2) is 4.79 Å².